The fourth-order valence-corrected chi connectivity index (χ4v) is 5.16. The standard InChI is InChI=1S/C30H26O6/c1-13(2)17-7-19-21(33-15(5)31)11-26-29-27(19)23(9-17)35-25-12-22(34-16(6)32)20-8-18(14(3)4)10-24(36-26)28(20)30(25)29/h7-14H,1-6H3. The number of rotatable bonds is 4. The van der Waals surface area contributed by atoms with Crippen molar-refractivity contribution in [3.05, 3.63) is 47.5 Å². The molecule has 2 heterocycles. The Balaban J connectivity index is 1.87. The predicted molar refractivity (Wildman–Crippen MR) is 140 cm³/mol. The van der Waals surface area contributed by atoms with E-state index in [9.17, 15) is 9.59 Å². The summed E-state index contributed by atoms with van der Waals surface area (Å²) in [7, 11) is 0. The first-order valence-electron chi connectivity index (χ1n) is 12.1. The third-order valence-electron chi connectivity index (χ3n) is 6.83. The second-order valence-corrected chi connectivity index (χ2v) is 10.1. The zero-order chi connectivity index (χ0) is 25.5. The Kier molecular flexibility index (Phi) is 4.80. The quantitative estimate of drug-likeness (QED) is 0.109. The molecule has 0 radical (unpaired) electrons. The van der Waals surface area contributed by atoms with Gasteiger partial charge in [-0.15, -0.1) is 0 Å². The van der Waals surface area contributed by atoms with Crippen LogP contribution in [0.4, 0.5) is 0 Å². The molecule has 0 saturated carbocycles. The Morgan fingerprint density at radius 3 is 1.33 bits per heavy atom. The van der Waals surface area contributed by atoms with Gasteiger partial charge in [-0.05, 0) is 47.2 Å². The second kappa shape index (κ2) is 7.72. The summed E-state index contributed by atoms with van der Waals surface area (Å²) in [5.74, 6) is 0.507. The summed E-state index contributed by atoms with van der Waals surface area (Å²) in [6.07, 6.45) is 0. The molecule has 6 rings (SSSR count). The average Bonchev–Trinajstić information content (AvgIpc) is 2.80. The molecule has 2 aliphatic rings. The number of hydrogen-bond donors (Lipinski definition) is 0. The predicted octanol–water partition coefficient (Wildman–Crippen LogP) is 8.13. The number of ether oxygens (including phenoxy) is 2. The zero-order valence-corrected chi connectivity index (χ0v) is 21.1. The van der Waals surface area contributed by atoms with Crippen LogP contribution in [0.2, 0.25) is 0 Å². The highest BCUT2D eigenvalue weighted by Crippen LogP contribution is 2.52. The van der Waals surface area contributed by atoms with E-state index in [4.69, 9.17) is 18.3 Å². The van der Waals surface area contributed by atoms with Crippen molar-refractivity contribution in [3.63, 3.8) is 0 Å². The fourth-order valence-electron chi connectivity index (χ4n) is 5.16. The van der Waals surface area contributed by atoms with Gasteiger partial charge in [-0.1, -0.05) is 27.7 Å². The van der Waals surface area contributed by atoms with E-state index in [1.807, 2.05) is 12.1 Å². The van der Waals surface area contributed by atoms with Gasteiger partial charge < -0.3 is 18.3 Å². The summed E-state index contributed by atoms with van der Waals surface area (Å²) in [5.41, 5.74) is 6.35. The van der Waals surface area contributed by atoms with Gasteiger partial charge >= 0.3 is 11.9 Å². The molecule has 0 unspecified atom stereocenters. The Bertz CT molecular complexity index is 1660. The molecule has 0 amide bonds. The van der Waals surface area contributed by atoms with Crippen LogP contribution in [0.25, 0.3) is 55.0 Å². The summed E-state index contributed by atoms with van der Waals surface area (Å²) in [4.78, 5) is 24.0. The van der Waals surface area contributed by atoms with Crippen molar-refractivity contribution >= 4 is 55.8 Å². The van der Waals surface area contributed by atoms with Crippen molar-refractivity contribution in [3.8, 4) is 22.6 Å². The van der Waals surface area contributed by atoms with Crippen LogP contribution >= 0.6 is 0 Å². The van der Waals surface area contributed by atoms with Gasteiger partial charge in [0.1, 0.15) is 33.8 Å². The van der Waals surface area contributed by atoms with Crippen molar-refractivity contribution in [2.75, 3.05) is 0 Å². The molecule has 4 aromatic carbocycles. The Labute approximate surface area is 207 Å². The van der Waals surface area contributed by atoms with Crippen LogP contribution < -0.4 is 9.47 Å². The van der Waals surface area contributed by atoms with E-state index in [0.717, 1.165) is 43.8 Å². The molecule has 0 aliphatic carbocycles. The highest BCUT2D eigenvalue weighted by molar-refractivity contribution is 6.25. The molecule has 36 heavy (non-hydrogen) atoms. The molecule has 4 aromatic rings. The van der Waals surface area contributed by atoms with Gasteiger partial charge in [0.05, 0.1) is 0 Å². The van der Waals surface area contributed by atoms with Gasteiger partial charge in [-0.2, -0.15) is 0 Å². The number of esters is 2. The van der Waals surface area contributed by atoms with E-state index in [1.165, 1.54) is 13.8 Å². The molecule has 0 fully saturated rings. The highest BCUT2D eigenvalue weighted by atomic mass is 16.5. The monoisotopic (exact) mass is 482 g/mol. The molecule has 2 aliphatic heterocycles. The molecule has 0 spiro atoms. The Morgan fingerprint density at radius 2 is 1.00 bits per heavy atom. The van der Waals surface area contributed by atoms with Gasteiger partial charge in [-0.25, -0.2) is 0 Å². The lowest BCUT2D eigenvalue weighted by atomic mass is 9.87. The van der Waals surface area contributed by atoms with Gasteiger partial charge in [-0.3, -0.25) is 9.59 Å². The molecule has 0 saturated heterocycles. The molecule has 6 heteroatoms. The minimum absolute atomic E-state index is 0.224. The molecule has 0 atom stereocenters. The second-order valence-electron chi connectivity index (χ2n) is 10.1. The van der Waals surface area contributed by atoms with Gasteiger partial charge in [0.15, 0.2) is 0 Å². The lowest BCUT2D eigenvalue weighted by Crippen LogP contribution is -2.05. The number of hydrogen-bond acceptors (Lipinski definition) is 6. The summed E-state index contributed by atoms with van der Waals surface area (Å²) >= 11 is 0. The first-order valence-corrected chi connectivity index (χ1v) is 12.1. The van der Waals surface area contributed by atoms with Crippen LogP contribution in [0.3, 0.4) is 0 Å². The largest absolute Gasteiger partial charge is 0.456 e. The first kappa shape index (κ1) is 22.4. The summed E-state index contributed by atoms with van der Waals surface area (Å²) in [5, 5.41) is 3.25. The van der Waals surface area contributed by atoms with Crippen LogP contribution in [-0.2, 0) is 9.59 Å². The topological polar surface area (TPSA) is 78.9 Å². The van der Waals surface area contributed by atoms with Crippen LogP contribution in [0, 0.1) is 0 Å². The lowest BCUT2D eigenvalue weighted by molar-refractivity contribution is -0.132. The van der Waals surface area contributed by atoms with Crippen molar-refractivity contribution in [2.45, 2.75) is 53.4 Å². The van der Waals surface area contributed by atoms with E-state index in [2.05, 4.69) is 39.8 Å². The molecule has 0 aromatic heterocycles. The van der Waals surface area contributed by atoms with E-state index in [0.29, 0.717) is 33.8 Å². The maximum Gasteiger partial charge on any atom is 0.308 e. The smallest absolute Gasteiger partial charge is 0.308 e. The SMILES string of the molecule is CC(=O)Oc1cc2oc3cc(C(C)C)cc4c(OC(C)=O)cc5oc6cc(C(C)C)cc1c6c2-c5c34. The molecule has 6 nitrogen and oxygen atoms in total. The summed E-state index contributed by atoms with van der Waals surface area (Å²) in [6.45, 7) is 11.2. The third-order valence-corrected chi connectivity index (χ3v) is 6.83. The Morgan fingerprint density at radius 1 is 0.611 bits per heavy atom. The summed E-state index contributed by atoms with van der Waals surface area (Å²) < 4.78 is 24.3. The number of carbonyl (C=O) groups excluding carboxylic acids is 2. The van der Waals surface area contributed by atoms with Crippen LogP contribution in [0.1, 0.15) is 64.5 Å². The van der Waals surface area contributed by atoms with Crippen LogP contribution in [0.5, 0.6) is 11.5 Å². The maximum atomic E-state index is 12.0. The van der Waals surface area contributed by atoms with Crippen molar-refractivity contribution < 1.29 is 27.9 Å². The Hall–Kier alpha value is -4.06. The van der Waals surface area contributed by atoms with Crippen molar-refractivity contribution in [2.24, 2.45) is 0 Å². The van der Waals surface area contributed by atoms with Crippen LogP contribution in [-0.4, -0.2) is 11.9 Å². The minimum Gasteiger partial charge on any atom is -0.456 e. The normalized spacial score (nSPS) is 12.3. The highest BCUT2D eigenvalue weighted by Gasteiger charge is 2.29. The number of carbonyl (C=O) groups is 2. The third kappa shape index (κ3) is 3.24. The number of benzene rings is 4. The average molecular weight is 483 g/mol. The molecule has 0 bridgehead atoms. The van der Waals surface area contributed by atoms with Crippen molar-refractivity contribution in [1.29, 1.82) is 0 Å². The molecular formula is C30H26O6. The van der Waals surface area contributed by atoms with Gasteiger partial charge in [0.2, 0.25) is 0 Å². The molecule has 0 N–H and O–H groups in total. The minimum atomic E-state index is -0.405. The zero-order valence-electron chi connectivity index (χ0n) is 21.1. The maximum absolute atomic E-state index is 12.0. The molecular weight excluding hydrogens is 456 g/mol. The van der Waals surface area contributed by atoms with E-state index < -0.39 is 11.9 Å². The van der Waals surface area contributed by atoms with Gasteiger partial charge in [0.25, 0.3) is 0 Å². The van der Waals surface area contributed by atoms with Crippen LogP contribution in [0.15, 0.2) is 45.2 Å². The first-order chi connectivity index (χ1) is 17.1. The molecule has 182 valence electrons. The van der Waals surface area contributed by atoms with E-state index >= 15 is 0 Å². The fraction of sp³-hybridized carbons (Fsp3) is 0.267. The van der Waals surface area contributed by atoms with E-state index in [1.54, 1.807) is 12.1 Å². The summed E-state index contributed by atoms with van der Waals surface area (Å²) in [6, 6.07) is 11.7. The van der Waals surface area contributed by atoms with Crippen molar-refractivity contribution in [1.82, 2.24) is 0 Å². The van der Waals surface area contributed by atoms with E-state index in [-0.39, 0.29) is 11.8 Å². The van der Waals surface area contributed by atoms with Gasteiger partial charge in [0, 0.05) is 58.7 Å². The lowest BCUT2D eigenvalue weighted by Gasteiger charge is -2.23.